The zero-order chi connectivity index (χ0) is 20.8. The first-order valence-electron chi connectivity index (χ1n) is 10.6. The summed E-state index contributed by atoms with van der Waals surface area (Å²) in [6.07, 6.45) is 0.505. The molecule has 0 spiro atoms. The number of nitrogens with zero attached hydrogens (tertiary/aromatic N) is 4. The number of piperazine rings is 1. The lowest BCUT2D eigenvalue weighted by Crippen LogP contribution is -2.61. The topological polar surface area (TPSA) is 99.6 Å². The van der Waals surface area contributed by atoms with Crippen LogP contribution in [0.3, 0.4) is 0 Å². The molecular weight excluding hydrogens is 384 g/mol. The monoisotopic (exact) mass is 410 g/mol. The number of fused-ring (bicyclic) bond motifs is 1. The van der Waals surface area contributed by atoms with Crippen LogP contribution in [-0.4, -0.2) is 71.8 Å². The molecule has 5 rings (SSSR count). The molecule has 0 saturated carbocycles. The molecule has 0 radical (unpaired) electrons. The summed E-state index contributed by atoms with van der Waals surface area (Å²) in [6, 6.07) is 5.78. The van der Waals surface area contributed by atoms with Crippen molar-refractivity contribution in [3.05, 3.63) is 34.2 Å². The number of carbonyl (C=O) groups excluding carboxylic acids is 2. The first-order valence-corrected chi connectivity index (χ1v) is 10.6. The summed E-state index contributed by atoms with van der Waals surface area (Å²) >= 11 is 0. The van der Waals surface area contributed by atoms with Crippen molar-refractivity contribution in [2.45, 2.75) is 31.8 Å². The lowest BCUT2D eigenvalue weighted by atomic mass is 10.1. The highest BCUT2D eigenvalue weighted by molar-refractivity contribution is 5.99. The predicted octanol–water partition coefficient (Wildman–Crippen LogP) is -0.224. The van der Waals surface area contributed by atoms with E-state index in [0.717, 1.165) is 50.3 Å². The van der Waals surface area contributed by atoms with E-state index < -0.39 is 11.9 Å². The highest BCUT2D eigenvalue weighted by Gasteiger charge is 2.31. The van der Waals surface area contributed by atoms with E-state index in [9.17, 15) is 14.4 Å². The van der Waals surface area contributed by atoms with E-state index in [4.69, 9.17) is 0 Å². The number of benzene rings is 1. The Labute approximate surface area is 174 Å². The van der Waals surface area contributed by atoms with Gasteiger partial charge in [0.2, 0.25) is 5.91 Å². The fourth-order valence-corrected chi connectivity index (χ4v) is 4.60. The van der Waals surface area contributed by atoms with Gasteiger partial charge in [-0.15, -0.1) is 0 Å². The fraction of sp³-hybridized carbons (Fsp3) is 0.524. The van der Waals surface area contributed by atoms with Gasteiger partial charge in [-0.25, -0.2) is 4.68 Å². The standard InChI is InChI=1S/C21H26N6O3/c1-13-17-10-14(25-6-8-26(9-7-25)15-11-22-12-15)2-3-16(17)21(30)27(24-13)18-4-5-19(28)23-20(18)29/h2-3,10,15,18,22H,4-9,11-12H2,1H3,(H,23,28,29). The van der Waals surface area contributed by atoms with Crippen LogP contribution in [-0.2, 0) is 9.59 Å². The summed E-state index contributed by atoms with van der Waals surface area (Å²) in [5.74, 6) is -0.768. The second-order valence-electron chi connectivity index (χ2n) is 8.37. The average Bonchev–Trinajstić information content (AvgIpc) is 2.70. The number of anilines is 1. The van der Waals surface area contributed by atoms with Crippen LogP contribution >= 0.6 is 0 Å². The average molecular weight is 410 g/mol. The number of imide groups is 1. The van der Waals surface area contributed by atoms with Crippen molar-refractivity contribution < 1.29 is 9.59 Å². The molecule has 1 aromatic carbocycles. The van der Waals surface area contributed by atoms with Crippen LogP contribution in [0, 0.1) is 6.92 Å². The lowest BCUT2D eigenvalue weighted by molar-refractivity contribution is -0.136. The van der Waals surface area contributed by atoms with Crippen molar-refractivity contribution >= 4 is 28.3 Å². The van der Waals surface area contributed by atoms with Gasteiger partial charge in [0, 0.05) is 62.8 Å². The van der Waals surface area contributed by atoms with Crippen molar-refractivity contribution in [2.24, 2.45) is 0 Å². The summed E-state index contributed by atoms with van der Waals surface area (Å²) in [7, 11) is 0. The molecule has 1 aromatic heterocycles. The van der Waals surface area contributed by atoms with Crippen LogP contribution in [0.4, 0.5) is 5.69 Å². The number of carbonyl (C=O) groups is 2. The smallest absolute Gasteiger partial charge is 0.275 e. The van der Waals surface area contributed by atoms with Crippen LogP contribution in [0.2, 0.25) is 0 Å². The minimum Gasteiger partial charge on any atom is -0.369 e. The van der Waals surface area contributed by atoms with Gasteiger partial charge in [-0.1, -0.05) is 0 Å². The molecule has 0 aliphatic carbocycles. The van der Waals surface area contributed by atoms with Gasteiger partial charge in [0.25, 0.3) is 11.5 Å². The molecule has 0 bridgehead atoms. The van der Waals surface area contributed by atoms with E-state index in [2.05, 4.69) is 25.5 Å². The molecule has 30 heavy (non-hydrogen) atoms. The molecule has 2 amide bonds. The Morgan fingerprint density at radius 2 is 1.80 bits per heavy atom. The van der Waals surface area contributed by atoms with E-state index in [1.807, 2.05) is 25.1 Å². The number of aromatic nitrogens is 2. The molecule has 158 valence electrons. The predicted molar refractivity (Wildman–Crippen MR) is 113 cm³/mol. The van der Waals surface area contributed by atoms with Gasteiger partial charge in [0.05, 0.1) is 11.1 Å². The van der Waals surface area contributed by atoms with Crippen LogP contribution in [0.15, 0.2) is 23.0 Å². The molecule has 3 saturated heterocycles. The quantitative estimate of drug-likeness (QED) is 0.675. The minimum atomic E-state index is -0.743. The molecule has 1 unspecified atom stereocenters. The van der Waals surface area contributed by atoms with E-state index in [1.165, 1.54) is 4.68 Å². The Morgan fingerprint density at radius 3 is 2.47 bits per heavy atom. The molecule has 9 heteroatoms. The van der Waals surface area contributed by atoms with Gasteiger partial charge in [-0.05, 0) is 31.5 Å². The first kappa shape index (κ1) is 19.2. The van der Waals surface area contributed by atoms with Crippen molar-refractivity contribution in [2.75, 3.05) is 44.2 Å². The van der Waals surface area contributed by atoms with Gasteiger partial charge in [0.1, 0.15) is 6.04 Å². The van der Waals surface area contributed by atoms with Crippen LogP contribution < -0.4 is 21.1 Å². The maximum Gasteiger partial charge on any atom is 0.275 e. The SMILES string of the molecule is Cc1nn(C2CCC(=O)NC2=O)c(=O)c2ccc(N3CCN(C4CNC4)CC3)cc12. The lowest BCUT2D eigenvalue weighted by Gasteiger charge is -2.44. The maximum absolute atomic E-state index is 13.1. The summed E-state index contributed by atoms with van der Waals surface area (Å²) < 4.78 is 1.24. The van der Waals surface area contributed by atoms with Crippen molar-refractivity contribution in [3.8, 4) is 0 Å². The number of nitrogens with one attached hydrogen (secondary N) is 2. The number of piperidine rings is 1. The Hall–Kier alpha value is -2.78. The van der Waals surface area contributed by atoms with E-state index >= 15 is 0 Å². The van der Waals surface area contributed by atoms with Gasteiger partial charge in [-0.2, -0.15) is 5.10 Å². The molecular formula is C21H26N6O3. The van der Waals surface area contributed by atoms with Crippen LogP contribution in [0.1, 0.15) is 24.6 Å². The summed E-state index contributed by atoms with van der Waals surface area (Å²) in [4.78, 5) is 41.6. The number of amides is 2. The number of hydrogen-bond donors (Lipinski definition) is 2. The van der Waals surface area contributed by atoms with Gasteiger partial charge >= 0.3 is 0 Å². The summed E-state index contributed by atoms with van der Waals surface area (Å²) in [5, 5.41) is 11.4. The van der Waals surface area contributed by atoms with Gasteiger partial charge < -0.3 is 10.2 Å². The van der Waals surface area contributed by atoms with Crippen LogP contribution in [0.5, 0.6) is 0 Å². The third kappa shape index (κ3) is 3.27. The number of aryl methyl sites for hydroxylation is 1. The highest BCUT2D eigenvalue weighted by Crippen LogP contribution is 2.25. The Kier molecular flexibility index (Phi) is 4.79. The second kappa shape index (κ2) is 7.48. The van der Waals surface area contributed by atoms with Gasteiger partial charge in [0.15, 0.2) is 0 Å². The second-order valence-corrected chi connectivity index (χ2v) is 8.37. The minimum absolute atomic E-state index is 0.212. The molecule has 2 aromatic rings. The normalized spacial score (nSPS) is 23.5. The first-order chi connectivity index (χ1) is 14.5. The van der Waals surface area contributed by atoms with E-state index in [0.29, 0.717) is 23.5 Å². The third-order valence-electron chi connectivity index (χ3n) is 6.55. The van der Waals surface area contributed by atoms with E-state index in [1.54, 1.807) is 0 Å². The Bertz CT molecular complexity index is 1070. The molecule has 9 nitrogen and oxygen atoms in total. The maximum atomic E-state index is 13.1. The van der Waals surface area contributed by atoms with Crippen molar-refractivity contribution in [1.29, 1.82) is 0 Å². The molecule has 2 N–H and O–H groups in total. The van der Waals surface area contributed by atoms with E-state index in [-0.39, 0.29) is 17.9 Å². The molecule has 4 heterocycles. The van der Waals surface area contributed by atoms with Crippen LogP contribution in [0.25, 0.3) is 10.8 Å². The number of hydrogen-bond acceptors (Lipinski definition) is 7. The zero-order valence-corrected chi connectivity index (χ0v) is 17.1. The molecule has 1 atom stereocenters. The van der Waals surface area contributed by atoms with Gasteiger partial charge in [-0.3, -0.25) is 24.6 Å². The highest BCUT2D eigenvalue weighted by atomic mass is 16.2. The molecule has 3 aliphatic heterocycles. The number of rotatable bonds is 3. The third-order valence-corrected chi connectivity index (χ3v) is 6.55. The Morgan fingerprint density at radius 1 is 1.03 bits per heavy atom. The van der Waals surface area contributed by atoms with Crippen molar-refractivity contribution in [3.63, 3.8) is 0 Å². The summed E-state index contributed by atoms with van der Waals surface area (Å²) in [6.45, 7) is 8.02. The molecule has 3 fully saturated rings. The Balaban J connectivity index is 1.41. The van der Waals surface area contributed by atoms with Crippen molar-refractivity contribution in [1.82, 2.24) is 25.3 Å². The molecule has 3 aliphatic rings. The fourth-order valence-electron chi connectivity index (χ4n) is 4.60. The largest absolute Gasteiger partial charge is 0.369 e. The zero-order valence-electron chi connectivity index (χ0n) is 17.1. The summed E-state index contributed by atoms with van der Waals surface area (Å²) in [5.41, 5.74) is 1.51.